The van der Waals surface area contributed by atoms with Crippen molar-refractivity contribution in [2.75, 3.05) is 0 Å². The molecule has 0 rings (SSSR count). The van der Waals surface area contributed by atoms with Crippen LogP contribution in [0.25, 0.3) is 0 Å². The molecule has 0 spiro atoms. The molecule has 0 aliphatic carbocycles. The predicted molar refractivity (Wildman–Crippen MR) is 28.8 cm³/mol. The van der Waals surface area contributed by atoms with Crippen LogP contribution >= 0.6 is 0 Å². The monoisotopic (exact) mass is 97.1 g/mol. The van der Waals surface area contributed by atoms with Crippen molar-refractivity contribution >= 4 is 29.6 Å². The van der Waals surface area contributed by atoms with E-state index in [1.807, 2.05) is 6.92 Å². The summed E-state index contributed by atoms with van der Waals surface area (Å²) in [6, 6.07) is 0. The number of hydrogen-bond acceptors (Lipinski definition) is 1. The SMILES string of the molecule is [CH2]C(O)CC.[NaH]. The van der Waals surface area contributed by atoms with Gasteiger partial charge in [-0.05, 0) is 13.3 Å². The fourth-order valence-corrected chi connectivity index (χ4v) is 0. The van der Waals surface area contributed by atoms with Gasteiger partial charge in [0.2, 0.25) is 0 Å². The molecule has 0 amide bonds. The first-order chi connectivity index (χ1) is 2.27. The summed E-state index contributed by atoms with van der Waals surface area (Å²) in [7, 11) is 0. The molecule has 0 heterocycles. The summed E-state index contributed by atoms with van der Waals surface area (Å²) in [5.41, 5.74) is 0. The van der Waals surface area contributed by atoms with Crippen molar-refractivity contribution < 1.29 is 5.11 Å². The Hall–Kier alpha value is 0.960. The second-order valence-electron chi connectivity index (χ2n) is 1.06. The Kier molecular flexibility index (Phi) is 9.98. The van der Waals surface area contributed by atoms with Crippen molar-refractivity contribution in [3.63, 3.8) is 0 Å². The molecule has 1 N–H and O–H groups in total. The molecule has 0 aliphatic rings. The standard InChI is InChI=1S/C4H9O.Na.H/c1-3-4(2)5;;/h4-5H,2-3H2,1H3;;. The molecular weight excluding hydrogens is 87.0 g/mol. The Labute approximate surface area is 61.0 Å². The van der Waals surface area contributed by atoms with Crippen LogP contribution < -0.4 is 0 Å². The van der Waals surface area contributed by atoms with Gasteiger partial charge in [-0.3, -0.25) is 0 Å². The maximum absolute atomic E-state index is 8.25. The molecule has 0 bridgehead atoms. The van der Waals surface area contributed by atoms with E-state index in [0.29, 0.717) is 0 Å². The molecule has 1 unspecified atom stereocenters. The average molecular weight is 97.1 g/mol. The molecule has 2 heteroatoms. The van der Waals surface area contributed by atoms with E-state index in [9.17, 15) is 0 Å². The second kappa shape index (κ2) is 5.96. The Balaban J connectivity index is 0. The molecule has 0 aromatic carbocycles. The fraction of sp³-hybridized carbons (Fsp3) is 0.750. The topological polar surface area (TPSA) is 20.2 Å². The van der Waals surface area contributed by atoms with Gasteiger partial charge in [-0.25, -0.2) is 0 Å². The molecule has 1 atom stereocenters. The third-order valence-electron chi connectivity index (χ3n) is 0.471. The van der Waals surface area contributed by atoms with Crippen LogP contribution in [0.2, 0.25) is 0 Å². The molecule has 1 radical (unpaired) electrons. The van der Waals surface area contributed by atoms with Crippen molar-refractivity contribution in [3.8, 4) is 0 Å². The average Bonchev–Trinajstić information content (AvgIpc) is 1.38. The van der Waals surface area contributed by atoms with Crippen LogP contribution in [0.3, 0.4) is 0 Å². The molecule has 0 saturated heterocycles. The van der Waals surface area contributed by atoms with Gasteiger partial charge in [0.15, 0.2) is 0 Å². The van der Waals surface area contributed by atoms with Crippen LogP contribution in [0.15, 0.2) is 0 Å². The zero-order chi connectivity index (χ0) is 4.28. The van der Waals surface area contributed by atoms with E-state index < -0.39 is 0 Å². The van der Waals surface area contributed by atoms with E-state index in [0.717, 1.165) is 6.42 Å². The van der Waals surface area contributed by atoms with Crippen LogP contribution in [-0.2, 0) is 0 Å². The Morgan fingerprint density at radius 2 is 2.00 bits per heavy atom. The molecule has 0 aromatic rings. The van der Waals surface area contributed by atoms with Gasteiger partial charge in [-0.2, -0.15) is 0 Å². The number of rotatable bonds is 1. The Morgan fingerprint density at radius 3 is 2.00 bits per heavy atom. The van der Waals surface area contributed by atoms with Gasteiger partial charge in [0.1, 0.15) is 0 Å². The summed E-state index contributed by atoms with van der Waals surface area (Å²) in [6.07, 6.45) is 0.384. The van der Waals surface area contributed by atoms with E-state index in [-0.39, 0.29) is 35.7 Å². The third-order valence-corrected chi connectivity index (χ3v) is 0.471. The molecule has 1 nitrogen and oxygen atoms in total. The minimum absolute atomic E-state index is 0. The van der Waals surface area contributed by atoms with Gasteiger partial charge in [0.05, 0.1) is 6.10 Å². The molecule has 0 aliphatic heterocycles. The van der Waals surface area contributed by atoms with Crippen molar-refractivity contribution in [2.45, 2.75) is 19.4 Å². The van der Waals surface area contributed by atoms with Gasteiger partial charge in [0.25, 0.3) is 0 Å². The quantitative estimate of drug-likeness (QED) is 0.454. The molecule has 0 aromatic heterocycles. The summed E-state index contributed by atoms with van der Waals surface area (Å²) in [6.45, 7) is 5.20. The Morgan fingerprint density at radius 1 is 1.83 bits per heavy atom. The number of aliphatic hydroxyl groups excluding tert-OH is 1. The van der Waals surface area contributed by atoms with Crippen molar-refractivity contribution in [1.82, 2.24) is 0 Å². The van der Waals surface area contributed by atoms with Crippen LogP contribution in [0.1, 0.15) is 13.3 Å². The van der Waals surface area contributed by atoms with Gasteiger partial charge < -0.3 is 5.11 Å². The normalized spacial score (nSPS) is 12.5. The zero-order valence-corrected chi connectivity index (χ0v) is 3.44. The third kappa shape index (κ3) is 8.88. The van der Waals surface area contributed by atoms with Gasteiger partial charge in [-0.1, -0.05) is 6.92 Å². The van der Waals surface area contributed by atoms with Crippen molar-refractivity contribution in [2.24, 2.45) is 0 Å². The van der Waals surface area contributed by atoms with E-state index in [1.54, 1.807) is 0 Å². The molecular formula is C4H10NaO. The molecule has 0 saturated carbocycles. The second-order valence-corrected chi connectivity index (χ2v) is 1.06. The van der Waals surface area contributed by atoms with Crippen LogP contribution in [0.4, 0.5) is 0 Å². The maximum atomic E-state index is 8.25. The summed E-state index contributed by atoms with van der Waals surface area (Å²) >= 11 is 0. The first-order valence-corrected chi connectivity index (χ1v) is 1.78. The van der Waals surface area contributed by atoms with E-state index in [4.69, 9.17) is 5.11 Å². The van der Waals surface area contributed by atoms with Gasteiger partial charge in [-0.15, -0.1) is 0 Å². The molecule has 6 heavy (non-hydrogen) atoms. The van der Waals surface area contributed by atoms with Gasteiger partial charge >= 0.3 is 29.6 Å². The van der Waals surface area contributed by atoms with E-state index >= 15 is 0 Å². The Bertz CT molecular complexity index is 21.5. The molecule has 33 valence electrons. The fourth-order valence-electron chi connectivity index (χ4n) is 0. The van der Waals surface area contributed by atoms with Crippen molar-refractivity contribution in [1.29, 1.82) is 0 Å². The first-order valence-electron chi connectivity index (χ1n) is 1.78. The zero-order valence-electron chi connectivity index (χ0n) is 3.44. The summed E-state index contributed by atoms with van der Waals surface area (Å²) < 4.78 is 0. The van der Waals surface area contributed by atoms with Crippen LogP contribution in [-0.4, -0.2) is 40.8 Å². The van der Waals surface area contributed by atoms with Gasteiger partial charge in [0, 0.05) is 0 Å². The summed E-state index contributed by atoms with van der Waals surface area (Å²) in [5, 5.41) is 8.25. The van der Waals surface area contributed by atoms with E-state index in [1.165, 1.54) is 0 Å². The van der Waals surface area contributed by atoms with Crippen molar-refractivity contribution in [3.05, 3.63) is 6.92 Å². The van der Waals surface area contributed by atoms with Crippen LogP contribution in [0, 0.1) is 6.92 Å². The number of hydrogen-bond donors (Lipinski definition) is 1. The van der Waals surface area contributed by atoms with E-state index in [2.05, 4.69) is 6.92 Å². The van der Waals surface area contributed by atoms with Crippen LogP contribution in [0.5, 0.6) is 0 Å². The predicted octanol–water partition coefficient (Wildman–Crippen LogP) is -0.0571. The first kappa shape index (κ1) is 10.0. The molecule has 0 fully saturated rings. The summed E-state index contributed by atoms with van der Waals surface area (Å²) in [4.78, 5) is 0. The summed E-state index contributed by atoms with van der Waals surface area (Å²) in [5.74, 6) is 0. The number of aliphatic hydroxyl groups is 1. The minimum atomic E-state index is -0.366.